The minimum atomic E-state index is 0.665. The topological polar surface area (TPSA) is 12.0 Å². The van der Waals surface area contributed by atoms with E-state index in [1.165, 1.54) is 32.1 Å². The number of unbranched alkanes of at least 4 members (excludes halogenated alkanes) is 1. The quantitative estimate of drug-likeness (QED) is 0.452. The molecule has 0 saturated carbocycles. The molecule has 0 amide bonds. The Hall–Kier alpha value is -0.480. The first-order valence-corrected chi connectivity index (χ1v) is 6.40. The molecule has 0 spiro atoms. The fraction of sp³-hybridized carbons (Fsp3) is 0.857. The second kappa shape index (κ2) is 10.1. The molecular formula is C14H27N. The van der Waals surface area contributed by atoms with E-state index in [1.54, 1.807) is 0 Å². The van der Waals surface area contributed by atoms with Crippen molar-refractivity contribution in [2.45, 2.75) is 64.8 Å². The molecule has 0 aromatic rings. The smallest absolute Gasteiger partial charge is 0.00926 e. The minimum Gasteiger partial charge on any atom is -0.317 e. The molecule has 88 valence electrons. The molecule has 0 aromatic carbocycles. The highest BCUT2D eigenvalue weighted by Gasteiger charge is 2.17. The second-order valence-corrected chi connectivity index (χ2v) is 4.33. The highest BCUT2D eigenvalue weighted by atomic mass is 14.9. The molecule has 0 rings (SSSR count). The molecule has 1 heteroatoms. The standard InChI is InChI=1S/C14H27N/c1-5-8-9-12-14(15-4)13(10-6-2)11-7-3/h1,13-15H,6-12H2,2-4H3. The molecule has 0 heterocycles. The van der Waals surface area contributed by atoms with Gasteiger partial charge < -0.3 is 5.32 Å². The molecule has 0 aliphatic carbocycles. The van der Waals surface area contributed by atoms with E-state index in [9.17, 15) is 0 Å². The summed E-state index contributed by atoms with van der Waals surface area (Å²) >= 11 is 0. The summed E-state index contributed by atoms with van der Waals surface area (Å²) in [5.41, 5.74) is 0. The first-order chi connectivity index (χ1) is 7.29. The number of nitrogens with one attached hydrogen (secondary N) is 1. The number of hydrogen-bond donors (Lipinski definition) is 1. The minimum absolute atomic E-state index is 0.665. The van der Waals surface area contributed by atoms with Crippen LogP contribution in [0.15, 0.2) is 0 Å². The van der Waals surface area contributed by atoms with Gasteiger partial charge in [-0.05, 0) is 38.6 Å². The average Bonchev–Trinajstić information content (AvgIpc) is 2.24. The van der Waals surface area contributed by atoms with Crippen LogP contribution < -0.4 is 5.32 Å². The molecule has 1 nitrogen and oxygen atoms in total. The number of hydrogen-bond acceptors (Lipinski definition) is 1. The average molecular weight is 209 g/mol. The lowest BCUT2D eigenvalue weighted by Gasteiger charge is -2.26. The molecule has 1 atom stereocenters. The highest BCUT2D eigenvalue weighted by Crippen LogP contribution is 2.21. The van der Waals surface area contributed by atoms with Crippen LogP contribution in [0, 0.1) is 18.3 Å². The zero-order valence-electron chi connectivity index (χ0n) is 10.7. The Labute approximate surface area is 96.0 Å². The maximum Gasteiger partial charge on any atom is 0.00926 e. The summed E-state index contributed by atoms with van der Waals surface area (Å²) < 4.78 is 0. The van der Waals surface area contributed by atoms with E-state index >= 15 is 0 Å². The first-order valence-electron chi connectivity index (χ1n) is 6.40. The Morgan fingerprint density at radius 1 is 1.13 bits per heavy atom. The third-order valence-electron chi connectivity index (χ3n) is 3.10. The summed E-state index contributed by atoms with van der Waals surface area (Å²) in [6.07, 6.45) is 13.8. The van der Waals surface area contributed by atoms with Crippen LogP contribution in [-0.4, -0.2) is 13.1 Å². The Morgan fingerprint density at radius 2 is 1.73 bits per heavy atom. The number of terminal acetylenes is 1. The summed E-state index contributed by atoms with van der Waals surface area (Å²) in [6.45, 7) is 4.55. The second-order valence-electron chi connectivity index (χ2n) is 4.33. The third-order valence-corrected chi connectivity index (χ3v) is 3.10. The lowest BCUT2D eigenvalue weighted by atomic mass is 9.87. The fourth-order valence-electron chi connectivity index (χ4n) is 2.33. The van der Waals surface area contributed by atoms with Gasteiger partial charge in [-0.25, -0.2) is 0 Å². The van der Waals surface area contributed by atoms with Crippen molar-refractivity contribution in [1.82, 2.24) is 5.32 Å². The van der Waals surface area contributed by atoms with Crippen LogP contribution in [0.25, 0.3) is 0 Å². The van der Waals surface area contributed by atoms with Gasteiger partial charge in [0.1, 0.15) is 0 Å². The van der Waals surface area contributed by atoms with Crippen molar-refractivity contribution in [3.63, 3.8) is 0 Å². The molecule has 0 saturated heterocycles. The molecule has 0 aliphatic rings. The summed E-state index contributed by atoms with van der Waals surface area (Å²) in [5.74, 6) is 3.56. The van der Waals surface area contributed by atoms with E-state index in [-0.39, 0.29) is 0 Å². The van der Waals surface area contributed by atoms with Crippen molar-refractivity contribution >= 4 is 0 Å². The van der Waals surface area contributed by atoms with Crippen LogP contribution in [0.1, 0.15) is 58.8 Å². The molecule has 0 aliphatic heterocycles. The van der Waals surface area contributed by atoms with Crippen molar-refractivity contribution in [2.24, 2.45) is 5.92 Å². The zero-order chi connectivity index (χ0) is 11.5. The maximum absolute atomic E-state index is 5.28. The maximum atomic E-state index is 5.28. The van der Waals surface area contributed by atoms with Crippen LogP contribution >= 0.6 is 0 Å². The normalized spacial score (nSPS) is 12.7. The van der Waals surface area contributed by atoms with Gasteiger partial charge in [-0.2, -0.15) is 0 Å². The summed E-state index contributed by atoms with van der Waals surface area (Å²) in [6, 6.07) is 0.665. The summed E-state index contributed by atoms with van der Waals surface area (Å²) in [7, 11) is 2.08. The largest absolute Gasteiger partial charge is 0.317 e. The van der Waals surface area contributed by atoms with Gasteiger partial charge in [0.25, 0.3) is 0 Å². The van der Waals surface area contributed by atoms with Crippen molar-refractivity contribution in [2.75, 3.05) is 7.05 Å². The van der Waals surface area contributed by atoms with E-state index in [0.29, 0.717) is 6.04 Å². The SMILES string of the molecule is C#CCCCC(NC)C(CCC)CCC. The fourth-order valence-corrected chi connectivity index (χ4v) is 2.33. The van der Waals surface area contributed by atoms with Crippen LogP contribution in [0.2, 0.25) is 0 Å². The molecule has 1 unspecified atom stereocenters. The molecule has 0 aromatic heterocycles. The summed E-state index contributed by atoms with van der Waals surface area (Å²) in [4.78, 5) is 0. The van der Waals surface area contributed by atoms with E-state index in [0.717, 1.165) is 18.8 Å². The van der Waals surface area contributed by atoms with Gasteiger partial charge in [0.15, 0.2) is 0 Å². The van der Waals surface area contributed by atoms with Crippen LogP contribution in [0.4, 0.5) is 0 Å². The highest BCUT2D eigenvalue weighted by molar-refractivity contribution is 4.84. The summed E-state index contributed by atoms with van der Waals surface area (Å²) in [5, 5.41) is 3.46. The molecule has 0 radical (unpaired) electrons. The molecule has 0 fully saturated rings. The molecule has 1 N–H and O–H groups in total. The van der Waals surface area contributed by atoms with Gasteiger partial charge in [0, 0.05) is 12.5 Å². The van der Waals surface area contributed by atoms with E-state index in [4.69, 9.17) is 6.42 Å². The first kappa shape index (κ1) is 14.5. The molecule has 0 bridgehead atoms. The van der Waals surface area contributed by atoms with Gasteiger partial charge in [-0.1, -0.05) is 26.7 Å². The van der Waals surface area contributed by atoms with Crippen molar-refractivity contribution in [1.29, 1.82) is 0 Å². The monoisotopic (exact) mass is 209 g/mol. The number of rotatable bonds is 9. The van der Waals surface area contributed by atoms with E-state index < -0.39 is 0 Å². The Kier molecular flexibility index (Phi) is 9.73. The lowest BCUT2D eigenvalue weighted by molar-refractivity contribution is 0.306. The lowest BCUT2D eigenvalue weighted by Crippen LogP contribution is -2.33. The van der Waals surface area contributed by atoms with Gasteiger partial charge in [-0.3, -0.25) is 0 Å². The molecule has 15 heavy (non-hydrogen) atoms. The Balaban J connectivity index is 4.00. The van der Waals surface area contributed by atoms with Crippen LogP contribution in [0.3, 0.4) is 0 Å². The Bertz CT molecular complexity index is 163. The predicted molar refractivity (Wildman–Crippen MR) is 68.8 cm³/mol. The van der Waals surface area contributed by atoms with E-state index in [2.05, 4.69) is 32.1 Å². The van der Waals surface area contributed by atoms with Crippen molar-refractivity contribution < 1.29 is 0 Å². The van der Waals surface area contributed by atoms with Crippen LogP contribution in [-0.2, 0) is 0 Å². The zero-order valence-corrected chi connectivity index (χ0v) is 10.7. The van der Waals surface area contributed by atoms with Crippen molar-refractivity contribution in [3.05, 3.63) is 0 Å². The van der Waals surface area contributed by atoms with E-state index in [1.807, 2.05) is 0 Å². The molecular weight excluding hydrogens is 182 g/mol. The van der Waals surface area contributed by atoms with Gasteiger partial charge >= 0.3 is 0 Å². The predicted octanol–water partition coefficient (Wildman–Crippen LogP) is 3.59. The van der Waals surface area contributed by atoms with Crippen molar-refractivity contribution in [3.8, 4) is 12.3 Å². The Morgan fingerprint density at radius 3 is 2.13 bits per heavy atom. The van der Waals surface area contributed by atoms with Gasteiger partial charge in [0.2, 0.25) is 0 Å². The third kappa shape index (κ3) is 6.57. The van der Waals surface area contributed by atoms with Gasteiger partial charge in [-0.15, -0.1) is 12.3 Å². The van der Waals surface area contributed by atoms with Gasteiger partial charge in [0.05, 0.1) is 0 Å². The van der Waals surface area contributed by atoms with Crippen LogP contribution in [0.5, 0.6) is 0 Å².